The minimum absolute atomic E-state index is 0.244. The molecule has 0 aliphatic rings. The lowest BCUT2D eigenvalue weighted by atomic mass is 10.1. The van der Waals surface area contributed by atoms with Crippen LogP contribution in [0.1, 0.15) is 22.6 Å². The second-order valence-corrected chi connectivity index (χ2v) is 6.77. The fourth-order valence-corrected chi connectivity index (χ4v) is 3.41. The summed E-state index contributed by atoms with van der Waals surface area (Å²) in [6.45, 7) is 2.05. The zero-order chi connectivity index (χ0) is 19.2. The van der Waals surface area contributed by atoms with E-state index in [0.29, 0.717) is 26.8 Å². The molecule has 6 nitrogen and oxygen atoms in total. The lowest BCUT2D eigenvalue weighted by Gasteiger charge is -2.17. The van der Waals surface area contributed by atoms with Gasteiger partial charge in [-0.15, -0.1) is 0 Å². The van der Waals surface area contributed by atoms with Gasteiger partial charge in [0.1, 0.15) is 0 Å². The van der Waals surface area contributed by atoms with Crippen LogP contribution in [-0.4, -0.2) is 25.3 Å². The van der Waals surface area contributed by atoms with Crippen molar-refractivity contribution in [2.75, 3.05) is 0 Å². The van der Waals surface area contributed by atoms with Crippen molar-refractivity contribution in [3.63, 3.8) is 0 Å². The minimum Gasteiger partial charge on any atom is -0.329 e. The van der Waals surface area contributed by atoms with Gasteiger partial charge in [-0.1, -0.05) is 41.4 Å². The Labute approximate surface area is 162 Å². The molecule has 2 heterocycles. The first-order valence-electron chi connectivity index (χ1n) is 7.85. The van der Waals surface area contributed by atoms with Gasteiger partial charge in [0.15, 0.2) is 0 Å². The van der Waals surface area contributed by atoms with Gasteiger partial charge < -0.3 is 5.10 Å². The van der Waals surface area contributed by atoms with Crippen LogP contribution in [0.3, 0.4) is 0 Å². The topological polar surface area (TPSA) is 70.6 Å². The SMILES string of the molecule is Cc1nn(Cc2c(Cl)cccc2Cl)c2cc(C(F)(F)c3nnn[n-]3)ccc12. The molecule has 0 spiro atoms. The van der Waals surface area contributed by atoms with Crippen LogP contribution in [0.2, 0.25) is 10.0 Å². The number of benzene rings is 2. The Kier molecular flexibility index (Phi) is 4.32. The molecule has 0 atom stereocenters. The summed E-state index contributed by atoms with van der Waals surface area (Å²) in [6.07, 6.45) is 0. The predicted molar refractivity (Wildman–Crippen MR) is 96.2 cm³/mol. The molecule has 0 fully saturated rings. The van der Waals surface area contributed by atoms with Gasteiger partial charge >= 0.3 is 5.92 Å². The van der Waals surface area contributed by atoms with E-state index < -0.39 is 11.7 Å². The Morgan fingerprint density at radius 3 is 2.56 bits per heavy atom. The Morgan fingerprint density at radius 1 is 1.15 bits per heavy atom. The van der Waals surface area contributed by atoms with Gasteiger partial charge in [-0.2, -0.15) is 19.1 Å². The lowest BCUT2D eigenvalue weighted by Crippen LogP contribution is -2.18. The number of tetrazole rings is 1. The van der Waals surface area contributed by atoms with Crippen LogP contribution >= 0.6 is 23.2 Å². The average Bonchev–Trinajstić information content (AvgIpc) is 3.27. The van der Waals surface area contributed by atoms with E-state index in [1.54, 1.807) is 35.9 Å². The Morgan fingerprint density at radius 2 is 1.89 bits per heavy atom. The summed E-state index contributed by atoms with van der Waals surface area (Å²) in [5.74, 6) is -4.18. The first kappa shape index (κ1) is 17.8. The third-order valence-electron chi connectivity index (χ3n) is 4.27. The highest BCUT2D eigenvalue weighted by Gasteiger charge is 2.34. The molecule has 0 N–H and O–H groups in total. The highest BCUT2D eigenvalue weighted by atomic mass is 35.5. The van der Waals surface area contributed by atoms with Gasteiger partial charge in [-0.3, -0.25) is 15.0 Å². The number of nitrogens with zero attached hydrogens (tertiary/aromatic N) is 6. The Hall–Kier alpha value is -2.58. The van der Waals surface area contributed by atoms with E-state index in [9.17, 15) is 8.78 Å². The number of hydrogen-bond acceptors (Lipinski definition) is 4. The van der Waals surface area contributed by atoms with E-state index >= 15 is 0 Å². The van der Waals surface area contributed by atoms with E-state index in [1.807, 2.05) is 0 Å². The molecule has 27 heavy (non-hydrogen) atoms. The number of hydrogen-bond donors (Lipinski definition) is 0. The second kappa shape index (κ2) is 6.54. The maximum absolute atomic E-state index is 14.7. The van der Waals surface area contributed by atoms with E-state index in [1.165, 1.54) is 12.1 Å². The van der Waals surface area contributed by atoms with Gasteiger partial charge in [0.05, 0.1) is 23.6 Å². The Balaban J connectivity index is 1.83. The van der Waals surface area contributed by atoms with Gasteiger partial charge in [0, 0.05) is 26.6 Å². The van der Waals surface area contributed by atoms with Crippen molar-refractivity contribution in [1.82, 2.24) is 30.4 Å². The smallest absolute Gasteiger partial charge is 0.305 e. The fraction of sp³-hybridized carbons (Fsp3) is 0.176. The fourth-order valence-electron chi connectivity index (χ4n) is 2.89. The zero-order valence-corrected chi connectivity index (χ0v) is 15.4. The largest absolute Gasteiger partial charge is 0.329 e. The van der Waals surface area contributed by atoms with Gasteiger partial charge in [0.2, 0.25) is 0 Å². The molecule has 4 aromatic rings. The van der Waals surface area contributed by atoms with Crippen LogP contribution < -0.4 is 5.10 Å². The van der Waals surface area contributed by atoms with Crippen LogP contribution in [0, 0.1) is 6.92 Å². The number of fused-ring (bicyclic) bond motifs is 1. The summed E-state index contributed by atoms with van der Waals surface area (Å²) < 4.78 is 30.9. The van der Waals surface area contributed by atoms with Gasteiger partial charge in [-0.05, 0) is 25.1 Å². The van der Waals surface area contributed by atoms with Crippen LogP contribution in [0.25, 0.3) is 10.9 Å². The number of rotatable bonds is 4. The summed E-state index contributed by atoms with van der Waals surface area (Å²) in [7, 11) is 0. The number of alkyl halides is 2. The molecule has 4 rings (SSSR count). The Bertz CT molecular complexity index is 1100. The summed E-state index contributed by atoms with van der Waals surface area (Å²) in [5, 5.41) is 19.0. The van der Waals surface area contributed by atoms with Crippen LogP contribution in [0.5, 0.6) is 0 Å². The monoisotopic (exact) mass is 407 g/mol. The molecule has 0 aliphatic heterocycles. The average molecular weight is 408 g/mol. The summed E-state index contributed by atoms with van der Waals surface area (Å²) in [5.41, 5.74) is 1.61. The van der Waals surface area contributed by atoms with E-state index in [0.717, 1.165) is 5.39 Å². The van der Waals surface area contributed by atoms with E-state index in [-0.39, 0.29) is 12.1 Å². The predicted octanol–water partition coefficient (Wildman–Crippen LogP) is 3.98. The van der Waals surface area contributed by atoms with E-state index in [4.69, 9.17) is 23.2 Å². The molecule has 10 heteroatoms. The van der Waals surface area contributed by atoms with Crippen LogP contribution in [0.15, 0.2) is 36.4 Å². The molecule has 2 aromatic carbocycles. The van der Waals surface area contributed by atoms with Gasteiger partial charge in [0.25, 0.3) is 0 Å². The number of aryl methyl sites for hydroxylation is 1. The zero-order valence-electron chi connectivity index (χ0n) is 13.9. The maximum Gasteiger partial charge on any atom is 0.305 e. The molecular formula is C17H11Cl2F2N6-. The van der Waals surface area contributed by atoms with Crippen LogP contribution in [0.4, 0.5) is 8.78 Å². The molecule has 0 unspecified atom stereocenters. The van der Waals surface area contributed by atoms with Crippen molar-refractivity contribution in [3.8, 4) is 0 Å². The normalized spacial score (nSPS) is 12.0. The summed E-state index contributed by atoms with van der Waals surface area (Å²) in [6, 6.07) is 9.44. The molecule has 0 saturated carbocycles. The highest BCUT2D eigenvalue weighted by molar-refractivity contribution is 6.36. The molecule has 138 valence electrons. The van der Waals surface area contributed by atoms with Crippen molar-refractivity contribution < 1.29 is 8.78 Å². The molecule has 0 bridgehead atoms. The number of halogens is 4. The molecule has 0 amide bonds. The third-order valence-corrected chi connectivity index (χ3v) is 4.98. The molecular weight excluding hydrogens is 397 g/mol. The molecule has 0 radical (unpaired) electrons. The van der Waals surface area contributed by atoms with Crippen molar-refractivity contribution in [2.45, 2.75) is 19.4 Å². The standard InChI is InChI=1S/C17H11Cl2F2N6/c1-9-11-6-5-10(17(20,21)16-22-25-26-23-16)7-15(11)27(24-9)8-12-13(18)3-2-4-14(12)19/h2-7H,8H2,1H3/q-1. The van der Waals surface area contributed by atoms with Crippen molar-refractivity contribution in [2.24, 2.45) is 0 Å². The van der Waals surface area contributed by atoms with Crippen molar-refractivity contribution >= 4 is 34.1 Å². The van der Waals surface area contributed by atoms with Crippen molar-refractivity contribution in [3.05, 3.63) is 69.1 Å². The summed E-state index contributed by atoms with van der Waals surface area (Å²) >= 11 is 12.5. The van der Waals surface area contributed by atoms with Gasteiger partial charge in [-0.25, -0.2) is 0 Å². The van der Waals surface area contributed by atoms with Crippen LogP contribution in [-0.2, 0) is 12.5 Å². The molecule has 0 aliphatic carbocycles. The molecule has 0 saturated heterocycles. The maximum atomic E-state index is 14.7. The molecule has 2 aromatic heterocycles. The van der Waals surface area contributed by atoms with Crippen molar-refractivity contribution in [1.29, 1.82) is 0 Å². The summed E-state index contributed by atoms with van der Waals surface area (Å²) in [4.78, 5) is 0. The first-order chi connectivity index (χ1) is 12.9. The lowest BCUT2D eigenvalue weighted by molar-refractivity contribution is 0.0324. The number of aromatic nitrogens is 6. The third kappa shape index (κ3) is 3.04. The quantitative estimate of drug-likeness (QED) is 0.511. The second-order valence-electron chi connectivity index (χ2n) is 5.95. The minimum atomic E-state index is -3.43. The highest BCUT2D eigenvalue weighted by Crippen LogP contribution is 2.35. The van der Waals surface area contributed by atoms with E-state index in [2.05, 4.69) is 25.7 Å². The first-order valence-corrected chi connectivity index (χ1v) is 8.61.